The van der Waals surface area contributed by atoms with E-state index in [1.54, 1.807) is 31.2 Å². The van der Waals surface area contributed by atoms with Crippen molar-refractivity contribution < 1.29 is 19.1 Å². The van der Waals surface area contributed by atoms with E-state index in [1.165, 1.54) is 11.3 Å². The van der Waals surface area contributed by atoms with E-state index >= 15 is 0 Å². The summed E-state index contributed by atoms with van der Waals surface area (Å²) in [6, 6.07) is 14.4. The summed E-state index contributed by atoms with van der Waals surface area (Å²) in [7, 11) is 0. The summed E-state index contributed by atoms with van der Waals surface area (Å²) < 4.78 is 11.6. The van der Waals surface area contributed by atoms with Crippen molar-refractivity contribution in [1.82, 2.24) is 0 Å². The Hall–Kier alpha value is -2.35. The van der Waals surface area contributed by atoms with Crippen LogP contribution in [0.5, 0.6) is 5.75 Å². The van der Waals surface area contributed by atoms with Crippen molar-refractivity contribution in [3.05, 3.63) is 69.0 Å². The van der Waals surface area contributed by atoms with Gasteiger partial charge in [-0.3, -0.25) is 4.79 Å². The fourth-order valence-electron chi connectivity index (χ4n) is 2.57. The molecule has 0 atom stereocenters. The summed E-state index contributed by atoms with van der Waals surface area (Å²) in [6.45, 7) is 1.73. The molecule has 1 aromatic heterocycles. The number of esters is 1. The van der Waals surface area contributed by atoms with E-state index in [2.05, 4.69) is 21.2 Å². The SMILES string of the molecule is CCOC(=O)c1c(-c2ccc(Br)cc2)csc1NC(=O)COc1ccccc1Cl. The fraction of sp³-hybridized carbons (Fsp3) is 0.143. The molecule has 0 radical (unpaired) electrons. The topological polar surface area (TPSA) is 64.6 Å². The first-order valence-corrected chi connectivity index (χ1v) is 10.8. The first-order valence-electron chi connectivity index (χ1n) is 8.71. The van der Waals surface area contributed by atoms with E-state index in [9.17, 15) is 9.59 Å². The molecule has 150 valence electrons. The van der Waals surface area contributed by atoms with Crippen LogP contribution in [0.3, 0.4) is 0 Å². The van der Waals surface area contributed by atoms with Crippen molar-refractivity contribution in [1.29, 1.82) is 0 Å². The number of carbonyl (C=O) groups excluding carboxylic acids is 2. The van der Waals surface area contributed by atoms with E-state index in [0.717, 1.165) is 10.0 Å². The molecule has 0 saturated carbocycles. The lowest BCUT2D eigenvalue weighted by Crippen LogP contribution is -2.21. The third-order valence-electron chi connectivity index (χ3n) is 3.87. The zero-order chi connectivity index (χ0) is 20.8. The number of carbonyl (C=O) groups is 2. The number of rotatable bonds is 7. The maximum atomic E-state index is 12.6. The summed E-state index contributed by atoms with van der Waals surface area (Å²) in [5.74, 6) is -0.481. The molecule has 1 N–H and O–H groups in total. The third kappa shape index (κ3) is 5.38. The first kappa shape index (κ1) is 21.4. The highest BCUT2D eigenvalue weighted by atomic mass is 79.9. The molecule has 0 spiro atoms. The van der Waals surface area contributed by atoms with E-state index in [1.807, 2.05) is 29.6 Å². The van der Waals surface area contributed by atoms with Gasteiger partial charge in [-0.2, -0.15) is 0 Å². The molecule has 0 bridgehead atoms. The van der Waals surface area contributed by atoms with Gasteiger partial charge in [-0.05, 0) is 36.8 Å². The molecule has 5 nitrogen and oxygen atoms in total. The van der Waals surface area contributed by atoms with Crippen molar-refractivity contribution in [2.75, 3.05) is 18.5 Å². The quantitative estimate of drug-likeness (QED) is 0.408. The Morgan fingerprint density at radius 2 is 1.86 bits per heavy atom. The van der Waals surface area contributed by atoms with Crippen LogP contribution in [0.15, 0.2) is 58.4 Å². The summed E-state index contributed by atoms with van der Waals surface area (Å²) in [5, 5.41) is 5.39. The standard InChI is InChI=1S/C21H17BrClNO4S/c1-2-27-21(26)19-15(13-7-9-14(22)10-8-13)12-29-20(19)24-18(25)11-28-17-6-4-3-5-16(17)23/h3-10,12H,2,11H2,1H3,(H,24,25). The number of hydrogen-bond donors (Lipinski definition) is 1. The number of thiophene rings is 1. The number of benzene rings is 2. The van der Waals surface area contributed by atoms with Gasteiger partial charge in [0.1, 0.15) is 16.3 Å². The molecule has 0 fully saturated rings. The molecule has 3 aromatic rings. The first-order chi connectivity index (χ1) is 14.0. The van der Waals surface area contributed by atoms with Gasteiger partial charge in [-0.25, -0.2) is 4.79 Å². The normalized spacial score (nSPS) is 10.4. The number of halogens is 2. The largest absolute Gasteiger partial charge is 0.482 e. The Morgan fingerprint density at radius 3 is 2.55 bits per heavy atom. The molecular formula is C21H17BrClNO4S. The van der Waals surface area contributed by atoms with E-state index in [4.69, 9.17) is 21.1 Å². The third-order valence-corrected chi connectivity index (χ3v) is 5.61. The van der Waals surface area contributed by atoms with E-state index in [0.29, 0.717) is 26.9 Å². The summed E-state index contributed by atoms with van der Waals surface area (Å²) in [5.41, 5.74) is 1.87. The van der Waals surface area contributed by atoms with Crippen LogP contribution < -0.4 is 10.1 Å². The van der Waals surface area contributed by atoms with Crippen LogP contribution >= 0.6 is 38.9 Å². The Labute approximate surface area is 185 Å². The molecule has 0 saturated heterocycles. The van der Waals surface area contributed by atoms with Crippen molar-refractivity contribution in [3.8, 4) is 16.9 Å². The minimum absolute atomic E-state index is 0.234. The number of hydrogen-bond acceptors (Lipinski definition) is 5. The van der Waals surface area contributed by atoms with Gasteiger partial charge in [-0.1, -0.05) is 51.8 Å². The van der Waals surface area contributed by atoms with Crippen LogP contribution in [-0.2, 0) is 9.53 Å². The van der Waals surface area contributed by atoms with Gasteiger partial charge in [0, 0.05) is 15.4 Å². The maximum absolute atomic E-state index is 12.6. The van der Waals surface area contributed by atoms with Crippen molar-refractivity contribution in [2.24, 2.45) is 0 Å². The van der Waals surface area contributed by atoms with Gasteiger partial charge in [0.15, 0.2) is 6.61 Å². The predicted octanol–water partition coefficient (Wildman–Crippen LogP) is 6.03. The Bertz CT molecular complexity index is 1020. The summed E-state index contributed by atoms with van der Waals surface area (Å²) in [4.78, 5) is 25.0. The molecule has 0 aliphatic rings. The zero-order valence-corrected chi connectivity index (χ0v) is 18.6. The number of para-hydroxylation sites is 1. The second-order valence-corrected chi connectivity index (χ2v) is 8.05. The molecule has 2 aromatic carbocycles. The smallest absolute Gasteiger partial charge is 0.341 e. The molecule has 8 heteroatoms. The number of anilines is 1. The molecular weight excluding hydrogens is 478 g/mol. The lowest BCUT2D eigenvalue weighted by molar-refractivity contribution is -0.118. The highest BCUT2D eigenvalue weighted by Crippen LogP contribution is 2.36. The van der Waals surface area contributed by atoms with Crippen LogP contribution in [0.25, 0.3) is 11.1 Å². The van der Waals surface area contributed by atoms with Crippen LogP contribution in [-0.4, -0.2) is 25.1 Å². The van der Waals surface area contributed by atoms with E-state index < -0.39 is 11.9 Å². The summed E-state index contributed by atoms with van der Waals surface area (Å²) in [6.07, 6.45) is 0. The fourth-order valence-corrected chi connectivity index (χ4v) is 3.99. The van der Waals surface area contributed by atoms with Crippen molar-refractivity contribution in [2.45, 2.75) is 6.92 Å². The monoisotopic (exact) mass is 493 g/mol. The minimum Gasteiger partial charge on any atom is -0.482 e. The van der Waals surface area contributed by atoms with Crippen LogP contribution in [0.2, 0.25) is 5.02 Å². The Balaban J connectivity index is 1.81. The zero-order valence-electron chi connectivity index (χ0n) is 15.4. The lowest BCUT2D eigenvalue weighted by Gasteiger charge is -2.10. The second kappa shape index (κ2) is 9.91. The number of amides is 1. The van der Waals surface area contributed by atoms with Gasteiger partial charge >= 0.3 is 5.97 Å². The molecule has 29 heavy (non-hydrogen) atoms. The van der Waals surface area contributed by atoms with Crippen LogP contribution in [0.4, 0.5) is 5.00 Å². The number of nitrogens with one attached hydrogen (secondary N) is 1. The second-order valence-electron chi connectivity index (χ2n) is 5.85. The highest BCUT2D eigenvalue weighted by molar-refractivity contribution is 9.10. The van der Waals surface area contributed by atoms with Crippen LogP contribution in [0, 0.1) is 0 Å². The van der Waals surface area contributed by atoms with Gasteiger partial charge in [0.05, 0.1) is 11.6 Å². The van der Waals surface area contributed by atoms with Crippen molar-refractivity contribution >= 4 is 55.7 Å². The average molecular weight is 495 g/mol. The molecule has 0 unspecified atom stereocenters. The Kier molecular flexibility index (Phi) is 7.30. The number of ether oxygens (including phenoxy) is 2. The van der Waals surface area contributed by atoms with E-state index in [-0.39, 0.29) is 13.2 Å². The Morgan fingerprint density at radius 1 is 1.14 bits per heavy atom. The van der Waals surface area contributed by atoms with Gasteiger partial charge < -0.3 is 14.8 Å². The predicted molar refractivity (Wildman–Crippen MR) is 119 cm³/mol. The molecule has 1 heterocycles. The van der Waals surface area contributed by atoms with Crippen LogP contribution in [0.1, 0.15) is 17.3 Å². The van der Waals surface area contributed by atoms with Gasteiger partial charge in [0.25, 0.3) is 5.91 Å². The maximum Gasteiger partial charge on any atom is 0.341 e. The lowest BCUT2D eigenvalue weighted by atomic mass is 10.0. The minimum atomic E-state index is -0.492. The van der Waals surface area contributed by atoms with Gasteiger partial charge in [-0.15, -0.1) is 11.3 Å². The average Bonchev–Trinajstić information content (AvgIpc) is 3.11. The summed E-state index contributed by atoms with van der Waals surface area (Å²) >= 11 is 10.7. The molecule has 3 rings (SSSR count). The van der Waals surface area contributed by atoms with Crippen molar-refractivity contribution in [3.63, 3.8) is 0 Å². The molecule has 0 aliphatic carbocycles. The highest BCUT2D eigenvalue weighted by Gasteiger charge is 2.23. The van der Waals surface area contributed by atoms with Gasteiger partial charge in [0.2, 0.25) is 0 Å². The molecule has 0 aliphatic heterocycles. The molecule has 1 amide bonds.